The van der Waals surface area contributed by atoms with E-state index in [0.29, 0.717) is 40.7 Å². The van der Waals surface area contributed by atoms with Gasteiger partial charge in [0, 0.05) is 29.9 Å². The van der Waals surface area contributed by atoms with Crippen LogP contribution in [0.4, 0.5) is 0 Å². The Hall–Kier alpha value is -4.04. The maximum atomic E-state index is 13.9. The van der Waals surface area contributed by atoms with Gasteiger partial charge in [-0.2, -0.15) is 5.10 Å². The Morgan fingerprint density at radius 1 is 1.03 bits per heavy atom. The minimum absolute atomic E-state index is 0.0169. The van der Waals surface area contributed by atoms with Crippen LogP contribution in [0.1, 0.15) is 39.3 Å². The monoisotopic (exact) mass is 523 g/mol. The Kier molecular flexibility index (Phi) is 5.99. The largest absolute Gasteiger partial charge is 0.338 e. The lowest BCUT2D eigenvalue weighted by Gasteiger charge is -2.28. The van der Waals surface area contributed by atoms with E-state index < -0.39 is 0 Å². The molecule has 1 aliphatic heterocycles. The zero-order valence-electron chi connectivity index (χ0n) is 22.0. The molecule has 0 saturated heterocycles. The number of aryl methyl sites for hydroxylation is 4. The highest BCUT2D eigenvalue weighted by Crippen LogP contribution is 2.26. The van der Waals surface area contributed by atoms with Gasteiger partial charge in [0.15, 0.2) is 4.96 Å². The summed E-state index contributed by atoms with van der Waals surface area (Å²) in [6.07, 6.45) is 1.00. The standard InChI is InChI=1S/C30H29N5O2S/c1-18-9-10-19(2)26(13-18)35-20(3)14-25(32-35)28-21(4)31-30-34(29(28)37)24(17-38-30)15-27(36)33-12-11-22-7-5-6-8-23(22)16-33/h5-10,13-14,17H,11-12,15-16H2,1-4H3. The highest BCUT2D eigenvalue weighted by Gasteiger charge is 2.24. The number of hydrogen-bond donors (Lipinski definition) is 0. The molecule has 3 aromatic heterocycles. The van der Waals surface area contributed by atoms with Crippen LogP contribution in [0.25, 0.3) is 21.9 Å². The zero-order chi connectivity index (χ0) is 26.6. The first kappa shape index (κ1) is 24.3. The molecule has 0 fully saturated rings. The van der Waals surface area contributed by atoms with Crippen molar-refractivity contribution in [1.29, 1.82) is 0 Å². The molecule has 0 radical (unpaired) electrons. The molecule has 0 saturated carbocycles. The molecule has 8 heteroatoms. The van der Waals surface area contributed by atoms with E-state index in [1.807, 2.05) is 47.0 Å². The number of thiazole rings is 1. The van der Waals surface area contributed by atoms with Crippen molar-refractivity contribution in [1.82, 2.24) is 24.1 Å². The Bertz CT molecular complexity index is 1780. The van der Waals surface area contributed by atoms with Gasteiger partial charge >= 0.3 is 0 Å². The molecular weight excluding hydrogens is 494 g/mol. The Labute approximate surface area is 225 Å². The lowest BCUT2D eigenvalue weighted by atomic mass is 9.99. The number of aromatic nitrogens is 4. The van der Waals surface area contributed by atoms with E-state index in [1.54, 1.807) is 4.40 Å². The highest BCUT2D eigenvalue weighted by molar-refractivity contribution is 7.15. The zero-order valence-corrected chi connectivity index (χ0v) is 22.8. The number of nitrogens with zero attached hydrogens (tertiary/aromatic N) is 5. The number of fused-ring (bicyclic) bond motifs is 2. The predicted molar refractivity (Wildman–Crippen MR) is 150 cm³/mol. The van der Waals surface area contributed by atoms with Crippen molar-refractivity contribution in [3.05, 3.63) is 104 Å². The number of carbonyl (C=O) groups excluding carboxylic acids is 1. The molecule has 0 N–H and O–H groups in total. The van der Waals surface area contributed by atoms with Crippen LogP contribution in [0.5, 0.6) is 0 Å². The summed E-state index contributed by atoms with van der Waals surface area (Å²) < 4.78 is 3.48. The van der Waals surface area contributed by atoms with Crippen molar-refractivity contribution in [2.24, 2.45) is 0 Å². The lowest BCUT2D eigenvalue weighted by molar-refractivity contribution is -0.131. The Balaban J connectivity index is 1.36. The maximum Gasteiger partial charge on any atom is 0.268 e. The third-order valence-corrected chi connectivity index (χ3v) is 8.25. The maximum absolute atomic E-state index is 13.9. The van der Waals surface area contributed by atoms with Crippen LogP contribution < -0.4 is 5.56 Å². The minimum atomic E-state index is -0.189. The molecule has 6 rings (SSSR count). The smallest absolute Gasteiger partial charge is 0.268 e. The van der Waals surface area contributed by atoms with Crippen molar-refractivity contribution in [3.63, 3.8) is 0 Å². The Morgan fingerprint density at radius 2 is 1.82 bits per heavy atom. The molecule has 5 aromatic rings. The molecule has 0 unspecified atom stereocenters. The van der Waals surface area contributed by atoms with Crippen molar-refractivity contribution >= 4 is 22.2 Å². The van der Waals surface area contributed by atoms with Gasteiger partial charge in [-0.1, -0.05) is 36.4 Å². The number of hydrogen-bond acceptors (Lipinski definition) is 5. The number of benzene rings is 2. The third kappa shape index (κ3) is 4.15. The molecular formula is C30H29N5O2S. The average molecular weight is 524 g/mol. The van der Waals surface area contributed by atoms with Crippen molar-refractivity contribution in [2.45, 2.75) is 47.1 Å². The first-order valence-corrected chi connectivity index (χ1v) is 13.7. The van der Waals surface area contributed by atoms with Gasteiger partial charge in [0.05, 0.1) is 23.4 Å². The Morgan fingerprint density at radius 3 is 2.63 bits per heavy atom. The lowest BCUT2D eigenvalue weighted by Crippen LogP contribution is -2.37. The fourth-order valence-corrected chi connectivity index (χ4v) is 6.21. The first-order valence-electron chi connectivity index (χ1n) is 12.8. The van der Waals surface area contributed by atoms with Gasteiger partial charge in [0.2, 0.25) is 5.91 Å². The summed E-state index contributed by atoms with van der Waals surface area (Å²) in [5.41, 5.74) is 8.83. The molecule has 2 aromatic carbocycles. The SMILES string of the molecule is Cc1ccc(C)c(-n2nc(-c3c(C)nc4scc(CC(=O)N5CCc6ccccc6C5)n4c3=O)cc2C)c1. The van der Waals surface area contributed by atoms with Crippen LogP contribution in [0.2, 0.25) is 0 Å². The van der Waals surface area contributed by atoms with Crippen LogP contribution in [0.15, 0.2) is 58.7 Å². The molecule has 38 heavy (non-hydrogen) atoms. The van der Waals surface area contributed by atoms with E-state index in [1.165, 1.54) is 22.5 Å². The van der Waals surface area contributed by atoms with E-state index in [4.69, 9.17) is 10.1 Å². The summed E-state index contributed by atoms with van der Waals surface area (Å²) in [5, 5.41) is 6.72. The highest BCUT2D eigenvalue weighted by atomic mass is 32.1. The molecule has 4 heterocycles. The summed E-state index contributed by atoms with van der Waals surface area (Å²) >= 11 is 1.39. The normalized spacial score (nSPS) is 13.2. The van der Waals surface area contributed by atoms with Crippen molar-refractivity contribution in [3.8, 4) is 16.9 Å². The van der Waals surface area contributed by atoms with Crippen LogP contribution in [0.3, 0.4) is 0 Å². The topological polar surface area (TPSA) is 72.5 Å². The van der Waals surface area contributed by atoms with Crippen LogP contribution >= 0.6 is 11.3 Å². The molecule has 1 aliphatic rings. The number of rotatable bonds is 4. The second-order valence-corrected chi connectivity index (χ2v) is 10.9. The van der Waals surface area contributed by atoms with Gasteiger partial charge in [-0.05, 0) is 68.5 Å². The van der Waals surface area contributed by atoms with E-state index in [2.05, 4.69) is 44.2 Å². The second-order valence-electron chi connectivity index (χ2n) is 10.1. The molecule has 0 atom stereocenters. The first-order chi connectivity index (χ1) is 18.3. The number of carbonyl (C=O) groups is 1. The third-order valence-electron chi connectivity index (χ3n) is 7.37. The summed E-state index contributed by atoms with van der Waals surface area (Å²) in [5.74, 6) is 0.0169. The molecule has 0 spiro atoms. The van der Waals surface area contributed by atoms with Crippen LogP contribution in [-0.4, -0.2) is 36.5 Å². The molecule has 192 valence electrons. The average Bonchev–Trinajstić information content (AvgIpc) is 3.48. The van der Waals surface area contributed by atoms with Crippen LogP contribution in [-0.2, 0) is 24.2 Å². The quantitative estimate of drug-likeness (QED) is 0.334. The van der Waals surface area contributed by atoms with Gasteiger partial charge in [0.25, 0.3) is 5.56 Å². The van der Waals surface area contributed by atoms with E-state index in [-0.39, 0.29) is 17.9 Å². The minimum Gasteiger partial charge on any atom is -0.338 e. The summed E-state index contributed by atoms with van der Waals surface area (Å²) in [7, 11) is 0. The summed E-state index contributed by atoms with van der Waals surface area (Å²) in [4.78, 5) is 34.4. The van der Waals surface area contributed by atoms with Gasteiger partial charge in [-0.3, -0.25) is 14.0 Å². The van der Waals surface area contributed by atoms with Crippen molar-refractivity contribution in [2.75, 3.05) is 6.54 Å². The molecule has 0 bridgehead atoms. The van der Waals surface area contributed by atoms with Gasteiger partial charge in [0.1, 0.15) is 5.69 Å². The van der Waals surface area contributed by atoms with Gasteiger partial charge in [-0.25, -0.2) is 9.67 Å². The second kappa shape index (κ2) is 9.36. The van der Waals surface area contributed by atoms with E-state index in [0.717, 1.165) is 28.9 Å². The fraction of sp³-hybridized carbons (Fsp3) is 0.267. The van der Waals surface area contributed by atoms with Gasteiger partial charge < -0.3 is 4.90 Å². The molecule has 7 nitrogen and oxygen atoms in total. The van der Waals surface area contributed by atoms with Crippen molar-refractivity contribution < 1.29 is 4.79 Å². The van der Waals surface area contributed by atoms with E-state index >= 15 is 0 Å². The number of amides is 1. The molecule has 0 aliphatic carbocycles. The fourth-order valence-electron chi connectivity index (χ4n) is 5.29. The summed E-state index contributed by atoms with van der Waals surface area (Å²) in [6, 6.07) is 16.4. The van der Waals surface area contributed by atoms with Gasteiger partial charge in [-0.15, -0.1) is 11.3 Å². The molecule has 1 amide bonds. The predicted octanol–water partition coefficient (Wildman–Crippen LogP) is 4.97. The summed E-state index contributed by atoms with van der Waals surface area (Å²) in [6.45, 7) is 9.23. The van der Waals surface area contributed by atoms with Crippen LogP contribution in [0, 0.1) is 27.7 Å². The van der Waals surface area contributed by atoms with E-state index in [9.17, 15) is 9.59 Å².